The van der Waals surface area contributed by atoms with Crippen LogP contribution in [0.4, 0.5) is 0 Å². The van der Waals surface area contributed by atoms with Crippen molar-refractivity contribution in [3.05, 3.63) is 18.7 Å². The summed E-state index contributed by atoms with van der Waals surface area (Å²) in [6.07, 6.45) is 5.24. The van der Waals surface area contributed by atoms with Crippen LogP contribution in [0, 0.1) is 0 Å². The van der Waals surface area contributed by atoms with E-state index >= 15 is 0 Å². The molecule has 72 valence electrons. The van der Waals surface area contributed by atoms with E-state index in [2.05, 4.69) is 9.98 Å². The lowest BCUT2D eigenvalue weighted by molar-refractivity contribution is 0.232. The maximum atomic E-state index is 8.38. The maximum absolute atomic E-state index is 8.38. The molecule has 1 rings (SSSR count). The van der Waals surface area contributed by atoms with Gasteiger partial charge in [0.15, 0.2) is 0 Å². The van der Waals surface area contributed by atoms with Crippen molar-refractivity contribution in [2.24, 2.45) is 10.7 Å². The van der Waals surface area contributed by atoms with Crippen LogP contribution in [0.3, 0.4) is 0 Å². The zero-order valence-corrected chi connectivity index (χ0v) is 7.38. The third-order valence-corrected chi connectivity index (χ3v) is 1.51. The van der Waals surface area contributed by atoms with Gasteiger partial charge < -0.3 is 10.3 Å². The predicted octanol–water partition coefficient (Wildman–Crippen LogP) is -0.435. The fourth-order valence-corrected chi connectivity index (χ4v) is 1.01. The van der Waals surface area contributed by atoms with Crippen LogP contribution in [0.1, 0.15) is 6.92 Å². The van der Waals surface area contributed by atoms with Crippen LogP contribution in [-0.2, 0) is 6.54 Å². The van der Waals surface area contributed by atoms with Crippen molar-refractivity contribution >= 4 is 5.96 Å². The summed E-state index contributed by atoms with van der Waals surface area (Å²) in [7, 11) is 0. The highest BCUT2D eigenvalue weighted by Gasteiger charge is 2.00. The zero-order chi connectivity index (χ0) is 9.68. The second-order valence-corrected chi connectivity index (χ2v) is 2.73. The van der Waals surface area contributed by atoms with Gasteiger partial charge in [-0.15, -0.1) is 0 Å². The fraction of sp³-hybridized carbons (Fsp3) is 0.429. The Kier molecular flexibility index (Phi) is 3.27. The molecule has 1 aromatic heterocycles. The Morgan fingerprint density at radius 3 is 3.15 bits per heavy atom. The van der Waals surface area contributed by atoms with Gasteiger partial charge >= 0.3 is 0 Å². The molecule has 1 unspecified atom stereocenters. The van der Waals surface area contributed by atoms with Crippen LogP contribution in [-0.4, -0.2) is 26.8 Å². The molecule has 6 nitrogen and oxygen atoms in total. The molecule has 4 N–H and O–H groups in total. The SMILES string of the molecule is CC(Cn1ccnc1)N=C(N)NO. The van der Waals surface area contributed by atoms with Crippen molar-refractivity contribution in [1.82, 2.24) is 15.0 Å². The monoisotopic (exact) mass is 183 g/mol. The van der Waals surface area contributed by atoms with Gasteiger partial charge in [-0.3, -0.25) is 5.21 Å². The van der Waals surface area contributed by atoms with Crippen molar-refractivity contribution in [2.75, 3.05) is 0 Å². The molecule has 13 heavy (non-hydrogen) atoms. The van der Waals surface area contributed by atoms with E-state index in [1.54, 1.807) is 18.0 Å². The average molecular weight is 183 g/mol. The third-order valence-electron chi connectivity index (χ3n) is 1.51. The van der Waals surface area contributed by atoms with Gasteiger partial charge in [-0.25, -0.2) is 15.5 Å². The van der Waals surface area contributed by atoms with E-state index in [0.717, 1.165) is 0 Å². The van der Waals surface area contributed by atoms with Crippen molar-refractivity contribution < 1.29 is 5.21 Å². The van der Waals surface area contributed by atoms with Crippen molar-refractivity contribution in [3.63, 3.8) is 0 Å². The summed E-state index contributed by atoms with van der Waals surface area (Å²) in [6.45, 7) is 2.58. The van der Waals surface area contributed by atoms with Crippen LogP contribution < -0.4 is 11.2 Å². The minimum Gasteiger partial charge on any atom is -0.368 e. The Balaban J connectivity index is 2.46. The van der Waals surface area contributed by atoms with Crippen molar-refractivity contribution in [1.29, 1.82) is 0 Å². The van der Waals surface area contributed by atoms with Gasteiger partial charge in [0.1, 0.15) is 0 Å². The first-order valence-electron chi connectivity index (χ1n) is 3.91. The number of imidazole rings is 1. The highest BCUT2D eigenvalue weighted by Crippen LogP contribution is 1.95. The number of aromatic nitrogens is 2. The van der Waals surface area contributed by atoms with E-state index in [0.29, 0.717) is 6.54 Å². The van der Waals surface area contributed by atoms with Crippen LogP contribution in [0.2, 0.25) is 0 Å². The van der Waals surface area contributed by atoms with E-state index in [1.807, 2.05) is 17.7 Å². The quantitative estimate of drug-likeness (QED) is 0.337. The van der Waals surface area contributed by atoms with Crippen LogP contribution in [0.5, 0.6) is 0 Å². The molecule has 6 heteroatoms. The van der Waals surface area contributed by atoms with Crippen LogP contribution in [0.15, 0.2) is 23.7 Å². The highest BCUT2D eigenvalue weighted by atomic mass is 16.5. The Labute approximate surface area is 76.1 Å². The number of hydrogen-bond donors (Lipinski definition) is 3. The molecule has 0 radical (unpaired) electrons. The first-order chi connectivity index (χ1) is 6.22. The van der Waals surface area contributed by atoms with E-state index in [9.17, 15) is 0 Å². The molecule has 0 aliphatic rings. The molecule has 0 bridgehead atoms. The fourth-order valence-electron chi connectivity index (χ4n) is 1.01. The lowest BCUT2D eigenvalue weighted by Crippen LogP contribution is -2.30. The third kappa shape index (κ3) is 3.12. The minimum atomic E-state index is -0.00569. The lowest BCUT2D eigenvalue weighted by Gasteiger charge is -2.07. The maximum Gasteiger partial charge on any atom is 0.213 e. The molecule has 0 saturated heterocycles. The average Bonchev–Trinajstić information content (AvgIpc) is 2.56. The lowest BCUT2D eigenvalue weighted by atomic mass is 10.3. The largest absolute Gasteiger partial charge is 0.368 e. The molecular formula is C7H13N5O. The molecule has 0 spiro atoms. The number of rotatable bonds is 3. The smallest absolute Gasteiger partial charge is 0.213 e. The summed E-state index contributed by atoms with van der Waals surface area (Å²) < 4.78 is 1.89. The molecule has 0 aromatic carbocycles. The highest BCUT2D eigenvalue weighted by molar-refractivity contribution is 5.76. The summed E-state index contributed by atoms with van der Waals surface area (Å²) in [6, 6.07) is -0.00569. The van der Waals surface area contributed by atoms with Gasteiger partial charge in [0.25, 0.3) is 0 Å². The standard InChI is InChI=1S/C7H13N5O/c1-6(10-7(8)11-13)4-12-3-2-9-5-12/h2-3,5-6,13H,4H2,1H3,(H3,8,10,11). The van der Waals surface area contributed by atoms with Crippen molar-refractivity contribution in [3.8, 4) is 0 Å². The number of hydroxylamine groups is 1. The van der Waals surface area contributed by atoms with Gasteiger partial charge in [0.05, 0.1) is 12.4 Å². The second kappa shape index (κ2) is 4.46. The normalized spacial score (nSPS) is 14.2. The molecule has 1 heterocycles. The zero-order valence-electron chi connectivity index (χ0n) is 7.38. The Hall–Kier alpha value is -1.56. The molecule has 0 amide bonds. The number of hydrogen-bond acceptors (Lipinski definition) is 3. The van der Waals surface area contributed by atoms with Crippen LogP contribution >= 0.6 is 0 Å². The van der Waals surface area contributed by atoms with Gasteiger partial charge in [0.2, 0.25) is 5.96 Å². The molecule has 0 aliphatic heterocycles. The molecule has 0 aliphatic carbocycles. The topological polar surface area (TPSA) is 88.5 Å². The van der Waals surface area contributed by atoms with Crippen molar-refractivity contribution in [2.45, 2.75) is 19.5 Å². The van der Waals surface area contributed by atoms with Crippen LogP contribution in [0.25, 0.3) is 0 Å². The molecule has 1 atom stereocenters. The van der Waals surface area contributed by atoms with E-state index in [4.69, 9.17) is 10.9 Å². The number of nitrogens with two attached hydrogens (primary N) is 1. The number of nitrogens with one attached hydrogen (secondary N) is 1. The summed E-state index contributed by atoms with van der Waals surface area (Å²) in [5, 5.41) is 8.38. The second-order valence-electron chi connectivity index (χ2n) is 2.73. The summed E-state index contributed by atoms with van der Waals surface area (Å²) in [4.78, 5) is 7.85. The Morgan fingerprint density at radius 1 is 1.85 bits per heavy atom. The van der Waals surface area contributed by atoms with E-state index < -0.39 is 0 Å². The Morgan fingerprint density at radius 2 is 2.62 bits per heavy atom. The first-order valence-corrected chi connectivity index (χ1v) is 3.91. The summed E-state index contributed by atoms with van der Waals surface area (Å²) in [5.74, 6) is 0.0209. The molecular weight excluding hydrogens is 170 g/mol. The van der Waals surface area contributed by atoms with Gasteiger partial charge in [-0.2, -0.15) is 0 Å². The summed E-state index contributed by atoms with van der Waals surface area (Å²) in [5.41, 5.74) is 7.05. The number of guanidine groups is 1. The summed E-state index contributed by atoms with van der Waals surface area (Å²) >= 11 is 0. The number of nitrogens with zero attached hydrogens (tertiary/aromatic N) is 3. The van der Waals surface area contributed by atoms with Gasteiger partial charge in [-0.05, 0) is 6.92 Å². The minimum absolute atomic E-state index is 0.00569. The first kappa shape index (κ1) is 9.53. The predicted molar refractivity (Wildman–Crippen MR) is 48.2 cm³/mol. The Bertz CT molecular complexity index is 268. The van der Waals surface area contributed by atoms with E-state index in [-0.39, 0.29) is 12.0 Å². The van der Waals surface area contributed by atoms with E-state index in [1.165, 1.54) is 0 Å². The van der Waals surface area contributed by atoms with Gasteiger partial charge in [0, 0.05) is 18.9 Å². The molecule has 1 aromatic rings. The van der Waals surface area contributed by atoms with Gasteiger partial charge in [-0.1, -0.05) is 0 Å². The molecule has 0 fully saturated rings. The molecule has 0 saturated carbocycles. The number of aliphatic imine (C=N–C) groups is 1.